The molecule has 0 spiro atoms. The fourth-order valence-corrected chi connectivity index (χ4v) is 4.51. The number of urea groups is 1. The second kappa shape index (κ2) is 9.74. The molecule has 2 heterocycles. The van der Waals surface area contributed by atoms with E-state index >= 15 is 4.39 Å². The van der Waals surface area contributed by atoms with Crippen LogP contribution in [0.4, 0.5) is 25.4 Å². The van der Waals surface area contributed by atoms with Gasteiger partial charge in [-0.1, -0.05) is 32.9 Å². The summed E-state index contributed by atoms with van der Waals surface area (Å²) in [6.45, 7) is 11.0. The molecule has 178 valence electrons. The van der Waals surface area contributed by atoms with Crippen LogP contribution in [0.3, 0.4) is 0 Å². The lowest BCUT2D eigenvalue weighted by Crippen LogP contribution is -2.63. The van der Waals surface area contributed by atoms with Crippen LogP contribution in [0, 0.1) is 18.2 Å². The van der Waals surface area contributed by atoms with E-state index in [4.69, 9.17) is 0 Å². The fraction of sp³-hybridized carbons (Fsp3) is 0.458. The minimum Gasteiger partial charge on any atom is -0.465 e. The Morgan fingerprint density at radius 3 is 2.52 bits per heavy atom. The Morgan fingerprint density at radius 1 is 1.18 bits per heavy atom. The number of aromatic nitrogens is 1. The van der Waals surface area contributed by atoms with Crippen LogP contribution in [0.5, 0.6) is 0 Å². The number of carbonyl (C=O) groups is 2. The third kappa shape index (κ3) is 5.78. The number of piperazine rings is 1. The Balaban J connectivity index is 1.73. The summed E-state index contributed by atoms with van der Waals surface area (Å²) in [5.41, 5.74) is 1.57. The number of hydrogen-bond acceptors (Lipinski definition) is 4. The van der Waals surface area contributed by atoms with Crippen LogP contribution in [-0.4, -0.2) is 57.2 Å². The number of aryl methyl sites for hydroxylation is 1. The summed E-state index contributed by atoms with van der Waals surface area (Å²) in [5, 5.41) is 14.8. The third-order valence-electron chi connectivity index (χ3n) is 6.00. The van der Waals surface area contributed by atoms with Gasteiger partial charge < -0.3 is 20.6 Å². The molecule has 0 bridgehead atoms. The summed E-state index contributed by atoms with van der Waals surface area (Å²) in [4.78, 5) is 31.8. The summed E-state index contributed by atoms with van der Waals surface area (Å²) in [7, 11) is 0. The molecule has 0 radical (unpaired) electrons. The van der Waals surface area contributed by atoms with Gasteiger partial charge in [0.25, 0.3) is 0 Å². The van der Waals surface area contributed by atoms with E-state index in [0.29, 0.717) is 30.9 Å². The zero-order valence-electron chi connectivity index (χ0n) is 19.7. The van der Waals surface area contributed by atoms with Gasteiger partial charge in [-0.3, -0.25) is 9.88 Å². The van der Waals surface area contributed by atoms with E-state index in [0.717, 1.165) is 5.69 Å². The van der Waals surface area contributed by atoms with Gasteiger partial charge in [-0.15, -0.1) is 0 Å². The summed E-state index contributed by atoms with van der Waals surface area (Å²) in [6.07, 6.45) is 0.597. The van der Waals surface area contributed by atoms with E-state index in [-0.39, 0.29) is 23.2 Å². The predicted octanol–water partition coefficient (Wildman–Crippen LogP) is 4.77. The van der Waals surface area contributed by atoms with Gasteiger partial charge in [-0.25, -0.2) is 14.0 Å². The van der Waals surface area contributed by atoms with E-state index in [9.17, 15) is 14.7 Å². The Labute approximate surface area is 193 Å². The van der Waals surface area contributed by atoms with E-state index in [1.54, 1.807) is 24.3 Å². The molecule has 1 aliphatic heterocycles. The van der Waals surface area contributed by atoms with Crippen molar-refractivity contribution < 1.29 is 19.1 Å². The lowest BCUT2D eigenvalue weighted by atomic mass is 9.80. The summed E-state index contributed by atoms with van der Waals surface area (Å²) in [5.74, 6) is -0.505. The van der Waals surface area contributed by atoms with E-state index in [1.807, 2.05) is 34.6 Å². The first-order valence-electron chi connectivity index (χ1n) is 11.0. The van der Waals surface area contributed by atoms with Crippen molar-refractivity contribution in [3.63, 3.8) is 0 Å². The Hall–Kier alpha value is -3.20. The van der Waals surface area contributed by atoms with Gasteiger partial charge in [0.05, 0.1) is 23.6 Å². The van der Waals surface area contributed by atoms with Crippen LogP contribution >= 0.6 is 0 Å². The van der Waals surface area contributed by atoms with Crippen LogP contribution in [0.15, 0.2) is 36.5 Å². The summed E-state index contributed by atoms with van der Waals surface area (Å²) >= 11 is 0. The molecule has 2 aromatic rings. The molecule has 1 aliphatic rings. The highest BCUT2D eigenvalue weighted by Gasteiger charge is 2.43. The highest BCUT2D eigenvalue weighted by Crippen LogP contribution is 2.33. The van der Waals surface area contributed by atoms with Crippen molar-refractivity contribution in [1.29, 1.82) is 0 Å². The molecule has 1 saturated heterocycles. The first kappa shape index (κ1) is 24.4. The van der Waals surface area contributed by atoms with Gasteiger partial charge in [0.2, 0.25) is 0 Å². The normalized spacial score (nSPS) is 19.3. The molecule has 3 amide bonds. The van der Waals surface area contributed by atoms with Gasteiger partial charge in [0, 0.05) is 36.9 Å². The standard InChI is InChI=1S/C24H32FN5O3/c1-15-9-10-18(13-26-15)27-22(31)28-19-8-6-7-17(20(19)25)14-29-11-12-30(23(32)33)21(16(29)2)24(3,4)5/h6-10,13,16,21H,11-12,14H2,1-5H3,(H,32,33)(H2,27,28,31)/t16-,21?/m0/s1. The van der Waals surface area contributed by atoms with Crippen molar-refractivity contribution in [2.45, 2.75) is 53.2 Å². The number of carboxylic acid groups (broad SMARTS) is 1. The lowest BCUT2D eigenvalue weighted by molar-refractivity contribution is -0.0185. The number of rotatable bonds is 4. The number of hydrogen-bond donors (Lipinski definition) is 3. The number of anilines is 2. The predicted molar refractivity (Wildman–Crippen MR) is 126 cm³/mol. The van der Waals surface area contributed by atoms with Crippen LogP contribution in [0.25, 0.3) is 0 Å². The van der Waals surface area contributed by atoms with Gasteiger partial charge in [0.1, 0.15) is 0 Å². The number of amides is 3. The molecule has 1 aromatic carbocycles. The first-order valence-corrected chi connectivity index (χ1v) is 11.0. The molecular formula is C24H32FN5O3. The van der Waals surface area contributed by atoms with Crippen molar-refractivity contribution in [1.82, 2.24) is 14.8 Å². The van der Waals surface area contributed by atoms with Gasteiger partial charge in [0.15, 0.2) is 5.82 Å². The molecule has 33 heavy (non-hydrogen) atoms. The Kier molecular flexibility index (Phi) is 7.22. The first-order chi connectivity index (χ1) is 15.5. The quantitative estimate of drug-likeness (QED) is 0.614. The minimum atomic E-state index is -0.936. The molecule has 1 unspecified atom stereocenters. The molecule has 1 fully saturated rings. The van der Waals surface area contributed by atoms with E-state index in [2.05, 4.69) is 20.5 Å². The average Bonchev–Trinajstić information content (AvgIpc) is 2.72. The molecule has 1 aromatic heterocycles. The summed E-state index contributed by atoms with van der Waals surface area (Å²) < 4.78 is 15.3. The van der Waals surface area contributed by atoms with Crippen molar-refractivity contribution >= 4 is 23.5 Å². The maximum atomic E-state index is 15.3. The largest absolute Gasteiger partial charge is 0.465 e. The number of carbonyl (C=O) groups excluding carboxylic acids is 1. The molecule has 3 N–H and O–H groups in total. The van der Waals surface area contributed by atoms with Crippen molar-refractivity contribution in [2.75, 3.05) is 23.7 Å². The topological polar surface area (TPSA) is 97.8 Å². The fourth-order valence-electron chi connectivity index (χ4n) is 4.51. The van der Waals surface area contributed by atoms with Crippen molar-refractivity contribution in [3.05, 3.63) is 53.6 Å². The van der Waals surface area contributed by atoms with E-state index < -0.39 is 17.9 Å². The zero-order chi connectivity index (χ0) is 24.3. The number of pyridine rings is 1. The lowest BCUT2D eigenvalue weighted by Gasteiger charge is -2.50. The van der Waals surface area contributed by atoms with Crippen LogP contribution in [0.2, 0.25) is 0 Å². The monoisotopic (exact) mass is 457 g/mol. The molecule has 3 rings (SSSR count). The highest BCUT2D eigenvalue weighted by atomic mass is 19.1. The summed E-state index contributed by atoms with van der Waals surface area (Å²) in [6, 6.07) is 7.48. The molecule has 2 atom stereocenters. The highest BCUT2D eigenvalue weighted by molar-refractivity contribution is 5.99. The smallest absolute Gasteiger partial charge is 0.407 e. The van der Waals surface area contributed by atoms with Crippen molar-refractivity contribution in [3.8, 4) is 0 Å². The molecule has 9 heteroatoms. The molecular weight excluding hydrogens is 425 g/mol. The second-order valence-electron chi connectivity index (χ2n) is 9.54. The SMILES string of the molecule is Cc1ccc(NC(=O)Nc2cccc(CN3CCN(C(=O)O)C(C(C)(C)C)[C@@H]3C)c2F)cn1. The average molecular weight is 458 g/mol. The zero-order valence-corrected chi connectivity index (χ0v) is 19.7. The number of nitrogens with zero attached hydrogens (tertiary/aromatic N) is 3. The van der Waals surface area contributed by atoms with Gasteiger partial charge in [-0.2, -0.15) is 0 Å². The van der Waals surface area contributed by atoms with Crippen LogP contribution in [0.1, 0.15) is 39.0 Å². The van der Waals surface area contributed by atoms with Gasteiger partial charge in [-0.05, 0) is 37.5 Å². The van der Waals surface area contributed by atoms with Gasteiger partial charge >= 0.3 is 12.1 Å². The number of halogens is 1. The Bertz CT molecular complexity index is 1010. The molecule has 0 aliphatic carbocycles. The number of nitrogens with one attached hydrogen (secondary N) is 2. The second-order valence-corrected chi connectivity index (χ2v) is 9.54. The Morgan fingerprint density at radius 2 is 1.91 bits per heavy atom. The van der Waals surface area contributed by atoms with Crippen LogP contribution in [-0.2, 0) is 6.54 Å². The van der Waals surface area contributed by atoms with Crippen LogP contribution < -0.4 is 10.6 Å². The third-order valence-corrected chi connectivity index (χ3v) is 6.00. The molecule has 0 saturated carbocycles. The van der Waals surface area contributed by atoms with E-state index in [1.165, 1.54) is 17.2 Å². The number of benzene rings is 1. The van der Waals surface area contributed by atoms with Crippen molar-refractivity contribution in [2.24, 2.45) is 5.41 Å². The molecule has 8 nitrogen and oxygen atoms in total. The maximum absolute atomic E-state index is 15.3. The minimum absolute atomic E-state index is 0.0780. The maximum Gasteiger partial charge on any atom is 0.407 e.